The van der Waals surface area contributed by atoms with Crippen molar-refractivity contribution in [1.82, 2.24) is 15.1 Å². The summed E-state index contributed by atoms with van der Waals surface area (Å²) in [5, 5.41) is 17.3. The zero-order chi connectivity index (χ0) is 16.0. The lowest BCUT2D eigenvalue weighted by Crippen LogP contribution is -2.40. The summed E-state index contributed by atoms with van der Waals surface area (Å²) in [6.45, 7) is 12.2. The number of nitrogens with zero attached hydrogens (tertiary/aromatic N) is 2. The van der Waals surface area contributed by atoms with Gasteiger partial charge in [0.1, 0.15) is 0 Å². The van der Waals surface area contributed by atoms with E-state index in [-0.39, 0.29) is 0 Å². The second-order valence-corrected chi connectivity index (χ2v) is 5.77. The molecule has 0 aliphatic rings. The highest BCUT2D eigenvalue weighted by molar-refractivity contribution is 5.74. The number of carboxylic acid groups (broad SMARTS) is 1. The van der Waals surface area contributed by atoms with E-state index in [4.69, 9.17) is 0 Å². The summed E-state index contributed by atoms with van der Waals surface area (Å²) in [7, 11) is 0. The van der Waals surface area contributed by atoms with Gasteiger partial charge in [-0.05, 0) is 33.1 Å². The van der Waals surface area contributed by atoms with Gasteiger partial charge in [-0.25, -0.2) is 0 Å². The number of aromatic nitrogens is 2. The molecule has 0 spiro atoms. The zero-order valence-electron chi connectivity index (χ0n) is 14.0. The molecule has 120 valence electrons. The first-order valence-corrected chi connectivity index (χ1v) is 7.88. The highest BCUT2D eigenvalue weighted by Gasteiger charge is 2.34. The highest BCUT2D eigenvalue weighted by atomic mass is 16.4. The van der Waals surface area contributed by atoms with Crippen LogP contribution in [0.3, 0.4) is 0 Å². The first-order valence-electron chi connectivity index (χ1n) is 7.88. The van der Waals surface area contributed by atoms with E-state index in [1.807, 2.05) is 25.5 Å². The van der Waals surface area contributed by atoms with Gasteiger partial charge in [-0.2, -0.15) is 5.10 Å². The van der Waals surface area contributed by atoms with Crippen LogP contribution in [0.2, 0.25) is 0 Å². The molecule has 0 saturated heterocycles. The van der Waals surface area contributed by atoms with Crippen molar-refractivity contribution in [1.29, 1.82) is 0 Å². The van der Waals surface area contributed by atoms with Gasteiger partial charge in [0, 0.05) is 30.9 Å². The third-order valence-corrected chi connectivity index (χ3v) is 4.54. The Morgan fingerprint density at radius 1 is 1.29 bits per heavy atom. The average molecular weight is 295 g/mol. The fraction of sp³-hybridized carbons (Fsp3) is 0.750. The van der Waals surface area contributed by atoms with Gasteiger partial charge in [-0.15, -0.1) is 0 Å². The van der Waals surface area contributed by atoms with Crippen molar-refractivity contribution < 1.29 is 9.90 Å². The molecule has 2 N–H and O–H groups in total. The third-order valence-electron chi connectivity index (χ3n) is 4.54. The Morgan fingerprint density at radius 2 is 1.90 bits per heavy atom. The standard InChI is InChI=1S/C16H29N3O2/c1-6-9-19-13(5)14(12(4)18-19)10-17-11-16(7-2,8-3)15(20)21/h17H,6-11H2,1-5H3,(H,20,21). The normalized spacial score (nSPS) is 11.9. The number of carbonyl (C=O) groups is 1. The zero-order valence-corrected chi connectivity index (χ0v) is 14.0. The van der Waals surface area contributed by atoms with Crippen LogP contribution in [-0.2, 0) is 17.9 Å². The van der Waals surface area contributed by atoms with E-state index in [9.17, 15) is 9.90 Å². The number of carboxylic acids is 1. The molecule has 21 heavy (non-hydrogen) atoms. The summed E-state index contributed by atoms with van der Waals surface area (Å²) in [5.74, 6) is -0.713. The van der Waals surface area contributed by atoms with E-state index in [2.05, 4.69) is 24.3 Å². The van der Waals surface area contributed by atoms with Crippen LogP contribution in [0, 0.1) is 19.3 Å². The molecule has 1 aromatic rings. The van der Waals surface area contributed by atoms with E-state index < -0.39 is 11.4 Å². The maximum atomic E-state index is 11.5. The number of hydrogen-bond acceptors (Lipinski definition) is 3. The summed E-state index contributed by atoms with van der Waals surface area (Å²) < 4.78 is 2.04. The van der Waals surface area contributed by atoms with Gasteiger partial charge in [0.2, 0.25) is 0 Å². The van der Waals surface area contributed by atoms with Crippen LogP contribution < -0.4 is 5.32 Å². The molecule has 0 aliphatic carbocycles. The van der Waals surface area contributed by atoms with Gasteiger partial charge >= 0.3 is 5.97 Å². The lowest BCUT2D eigenvalue weighted by molar-refractivity contribution is -0.149. The summed E-state index contributed by atoms with van der Waals surface area (Å²) in [5.41, 5.74) is 2.73. The Bertz CT molecular complexity index is 476. The molecule has 0 aromatic carbocycles. The first-order chi connectivity index (χ1) is 9.91. The maximum absolute atomic E-state index is 11.5. The number of aryl methyl sites for hydroxylation is 2. The van der Waals surface area contributed by atoms with Crippen LogP contribution in [0.25, 0.3) is 0 Å². The number of nitrogens with one attached hydrogen (secondary N) is 1. The fourth-order valence-electron chi connectivity index (χ4n) is 2.72. The molecule has 0 aliphatic heterocycles. The van der Waals surface area contributed by atoms with Crippen molar-refractivity contribution in [2.45, 2.75) is 67.0 Å². The van der Waals surface area contributed by atoms with Crippen molar-refractivity contribution in [3.8, 4) is 0 Å². The molecule has 0 atom stereocenters. The maximum Gasteiger partial charge on any atom is 0.310 e. The van der Waals surface area contributed by atoms with E-state index in [1.165, 1.54) is 11.3 Å². The predicted octanol–water partition coefficient (Wildman–Crippen LogP) is 2.89. The largest absolute Gasteiger partial charge is 0.481 e. The molecule has 0 unspecified atom stereocenters. The van der Waals surface area contributed by atoms with Crippen molar-refractivity contribution >= 4 is 5.97 Å². The molecule has 1 rings (SSSR count). The molecule has 1 aromatic heterocycles. The summed E-state index contributed by atoms with van der Waals surface area (Å²) >= 11 is 0. The molecule has 5 nitrogen and oxygen atoms in total. The molecular formula is C16H29N3O2. The van der Waals surface area contributed by atoms with Crippen molar-refractivity contribution in [2.24, 2.45) is 5.41 Å². The van der Waals surface area contributed by atoms with Gasteiger partial charge in [-0.1, -0.05) is 20.8 Å². The minimum Gasteiger partial charge on any atom is -0.481 e. The van der Waals surface area contributed by atoms with Crippen LogP contribution in [0.15, 0.2) is 0 Å². The van der Waals surface area contributed by atoms with Crippen LogP contribution in [-0.4, -0.2) is 27.4 Å². The summed E-state index contributed by atoms with van der Waals surface area (Å²) in [6.07, 6.45) is 2.33. The van der Waals surface area contributed by atoms with Crippen LogP contribution in [0.1, 0.15) is 57.0 Å². The quantitative estimate of drug-likeness (QED) is 0.735. The Hall–Kier alpha value is -1.36. The lowest BCUT2D eigenvalue weighted by Gasteiger charge is -2.27. The monoisotopic (exact) mass is 295 g/mol. The van der Waals surface area contributed by atoms with Gasteiger partial charge in [0.25, 0.3) is 0 Å². The van der Waals surface area contributed by atoms with Gasteiger partial charge < -0.3 is 10.4 Å². The topological polar surface area (TPSA) is 67.2 Å². The van der Waals surface area contributed by atoms with Crippen molar-refractivity contribution in [3.63, 3.8) is 0 Å². The number of hydrogen-bond donors (Lipinski definition) is 2. The minimum absolute atomic E-state index is 0.493. The SMILES string of the molecule is CCCn1nc(C)c(CNCC(CC)(CC)C(=O)O)c1C. The van der Waals surface area contributed by atoms with Crippen molar-refractivity contribution in [2.75, 3.05) is 6.54 Å². The third kappa shape index (κ3) is 3.84. The molecule has 1 heterocycles. The van der Waals surface area contributed by atoms with E-state index >= 15 is 0 Å². The number of aliphatic carboxylic acids is 1. The summed E-state index contributed by atoms with van der Waals surface area (Å²) in [6, 6.07) is 0. The average Bonchev–Trinajstić information content (AvgIpc) is 2.71. The second-order valence-electron chi connectivity index (χ2n) is 5.77. The Kier molecular flexibility index (Phi) is 6.40. The first kappa shape index (κ1) is 17.7. The molecule has 5 heteroatoms. The molecule has 0 saturated carbocycles. The van der Waals surface area contributed by atoms with Crippen LogP contribution >= 0.6 is 0 Å². The minimum atomic E-state index is -0.713. The Morgan fingerprint density at radius 3 is 2.38 bits per heavy atom. The smallest absolute Gasteiger partial charge is 0.310 e. The Balaban J connectivity index is 2.74. The van der Waals surface area contributed by atoms with E-state index in [0.717, 1.165) is 18.7 Å². The molecule has 0 radical (unpaired) electrons. The fourth-order valence-corrected chi connectivity index (χ4v) is 2.72. The molecular weight excluding hydrogens is 266 g/mol. The second kappa shape index (κ2) is 7.59. The van der Waals surface area contributed by atoms with Crippen LogP contribution in [0.5, 0.6) is 0 Å². The van der Waals surface area contributed by atoms with Crippen molar-refractivity contribution in [3.05, 3.63) is 17.0 Å². The summed E-state index contributed by atoms with van der Waals surface area (Å²) in [4.78, 5) is 11.5. The molecule has 0 fully saturated rings. The lowest BCUT2D eigenvalue weighted by atomic mass is 9.82. The van der Waals surface area contributed by atoms with Gasteiger partial charge in [0.15, 0.2) is 0 Å². The molecule has 0 bridgehead atoms. The van der Waals surface area contributed by atoms with Gasteiger partial charge in [-0.3, -0.25) is 9.48 Å². The number of rotatable bonds is 9. The van der Waals surface area contributed by atoms with Crippen LogP contribution in [0.4, 0.5) is 0 Å². The van der Waals surface area contributed by atoms with Gasteiger partial charge in [0.05, 0.1) is 11.1 Å². The highest BCUT2D eigenvalue weighted by Crippen LogP contribution is 2.26. The predicted molar refractivity (Wildman–Crippen MR) is 84.3 cm³/mol. The molecule has 0 amide bonds. The Labute approximate surface area is 127 Å². The van der Waals surface area contributed by atoms with E-state index in [1.54, 1.807) is 0 Å². The van der Waals surface area contributed by atoms with E-state index in [0.29, 0.717) is 25.9 Å².